The number of carbonyl (C=O) groups excluding carboxylic acids is 2. The molecule has 1 atom stereocenters. The van der Waals surface area contributed by atoms with Gasteiger partial charge in [-0.2, -0.15) is 0 Å². The van der Waals surface area contributed by atoms with Crippen molar-refractivity contribution in [3.8, 4) is 0 Å². The molecular weight excluding hydrogens is 350 g/mol. The van der Waals surface area contributed by atoms with Crippen molar-refractivity contribution in [3.05, 3.63) is 0 Å². The quantitative estimate of drug-likeness (QED) is 0.814. The summed E-state index contributed by atoms with van der Waals surface area (Å²) in [5, 5.41) is 3.41. The van der Waals surface area contributed by atoms with E-state index in [0.29, 0.717) is 23.1 Å². The van der Waals surface area contributed by atoms with Crippen LogP contribution in [0.3, 0.4) is 0 Å². The lowest BCUT2D eigenvalue weighted by Gasteiger charge is -2.26. The molecule has 2 aliphatic carbocycles. The second kappa shape index (κ2) is 8.47. The Morgan fingerprint density at radius 1 is 0.923 bits per heavy atom. The average Bonchev–Trinajstić information content (AvgIpc) is 3.17. The van der Waals surface area contributed by atoms with Crippen LogP contribution in [0, 0.1) is 17.3 Å². The van der Waals surface area contributed by atoms with Crippen LogP contribution in [0.5, 0.6) is 0 Å². The van der Waals surface area contributed by atoms with Crippen molar-refractivity contribution >= 4 is 24.2 Å². The lowest BCUT2D eigenvalue weighted by atomic mass is 9.91. The Hall–Kier alpha value is -0.810. The van der Waals surface area contributed by atoms with Crippen LogP contribution in [-0.2, 0) is 9.59 Å². The largest absolute Gasteiger partial charge is 0.341 e. The summed E-state index contributed by atoms with van der Waals surface area (Å²) in [6.07, 6.45) is 10.1. The molecule has 0 aromatic carbocycles. The van der Waals surface area contributed by atoms with E-state index in [1.54, 1.807) is 0 Å². The van der Waals surface area contributed by atoms with Gasteiger partial charge in [0.2, 0.25) is 11.8 Å². The van der Waals surface area contributed by atoms with Gasteiger partial charge < -0.3 is 15.1 Å². The van der Waals surface area contributed by atoms with Crippen molar-refractivity contribution in [2.45, 2.75) is 57.8 Å². The molecule has 4 fully saturated rings. The summed E-state index contributed by atoms with van der Waals surface area (Å²) in [7, 11) is 0. The second-order valence-electron chi connectivity index (χ2n) is 8.78. The summed E-state index contributed by atoms with van der Waals surface area (Å²) >= 11 is 0. The van der Waals surface area contributed by atoms with Crippen LogP contribution in [0.1, 0.15) is 57.8 Å². The Kier molecular flexibility index (Phi) is 6.50. The van der Waals surface area contributed by atoms with E-state index in [9.17, 15) is 9.59 Å². The molecule has 2 saturated carbocycles. The minimum Gasteiger partial charge on any atom is -0.341 e. The van der Waals surface area contributed by atoms with Gasteiger partial charge in [0.25, 0.3) is 0 Å². The second-order valence-corrected chi connectivity index (χ2v) is 8.78. The highest BCUT2D eigenvalue weighted by atomic mass is 35.5. The number of carbonyl (C=O) groups is 2. The topological polar surface area (TPSA) is 52.7 Å². The SMILES string of the molecule is Cl.O=C(CC1CCCC1)N1CCCN(C(=O)C2CC23CCNCC3)CC1. The summed E-state index contributed by atoms with van der Waals surface area (Å²) in [4.78, 5) is 29.6. The fourth-order valence-corrected chi connectivity index (χ4v) is 5.37. The van der Waals surface area contributed by atoms with Crippen LogP contribution in [-0.4, -0.2) is 60.9 Å². The van der Waals surface area contributed by atoms with Crippen LogP contribution in [0.15, 0.2) is 0 Å². The molecule has 0 radical (unpaired) electrons. The van der Waals surface area contributed by atoms with Crippen molar-refractivity contribution in [1.82, 2.24) is 15.1 Å². The van der Waals surface area contributed by atoms with Gasteiger partial charge in [-0.25, -0.2) is 0 Å². The van der Waals surface area contributed by atoms with Gasteiger partial charge in [0.15, 0.2) is 0 Å². The van der Waals surface area contributed by atoms with Gasteiger partial charge in [0.05, 0.1) is 0 Å². The van der Waals surface area contributed by atoms with Gasteiger partial charge in [0, 0.05) is 38.5 Å². The van der Waals surface area contributed by atoms with Gasteiger partial charge in [-0.1, -0.05) is 12.8 Å². The Morgan fingerprint density at radius 3 is 2.31 bits per heavy atom. The molecule has 4 aliphatic rings. The van der Waals surface area contributed by atoms with Gasteiger partial charge in [-0.3, -0.25) is 9.59 Å². The Labute approximate surface area is 163 Å². The fraction of sp³-hybridized carbons (Fsp3) is 0.900. The molecule has 148 valence electrons. The minimum absolute atomic E-state index is 0. The van der Waals surface area contributed by atoms with Crippen molar-refractivity contribution in [3.63, 3.8) is 0 Å². The van der Waals surface area contributed by atoms with Gasteiger partial charge in [-0.05, 0) is 62.9 Å². The standard InChI is InChI=1S/C20H33N3O2.ClH/c24-18(14-16-4-1-2-5-16)22-10-3-11-23(13-12-22)19(25)17-15-20(17)6-8-21-9-7-20;/h16-17,21H,1-15H2;1H. The number of hydrogen-bond acceptors (Lipinski definition) is 3. The van der Waals surface area contributed by atoms with Crippen LogP contribution in [0.4, 0.5) is 0 Å². The molecular formula is C20H34ClN3O2. The smallest absolute Gasteiger partial charge is 0.226 e. The molecule has 0 bridgehead atoms. The van der Waals surface area contributed by atoms with Crippen LogP contribution >= 0.6 is 12.4 Å². The van der Waals surface area contributed by atoms with Gasteiger partial charge in [-0.15, -0.1) is 12.4 Å². The van der Waals surface area contributed by atoms with E-state index in [2.05, 4.69) is 10.2 Å². The number of rotatable bonds is 3. The first-order chi connectivity index (χ1) is 12.2. The summed E-state index contributed by atoms with van der Waals surface area (Å²) < 4.78 is 0. The summed E-state index contributed by atoms with van der Waals surface area (Å²) in [5.41, 5.74) is 0.312. The zero-order valence-corrected chi connectivity index (χ0v) is 16.7. The molecule has 6 heteroatoms. The van der Waals surface area contributed by atoms with E-state index in [4.69, 9.17) is 0 Å². The van der Waals surface area contributed by atoms with Gasteiger partial charge >= 0.3 is 0 Å². The maximum Gasteiger partial charge on any atom is 0.226 e. The van der Waals surface area contributed by atoms with Crippen LogP contribution < -0.4 is 5.32 Å². The number of halogens is 1. The van der Waals surface area contributed by atoms with Crippen LogP contribution in [0.25, 0.3) is 0 Å². The van der Waals surface area contributed by atoms with E-state index < -0.39 is 0 Å². The average molecular weight is 384 g/mol. The minimum atomic E-state index is 0. The van der Waals surface area contributed by atoms with Crippen molar-refractivity contribution in [2.75, 3.05) is 39.3 Å². The lowest BCUT2D eigenvalue weighted by molar-refractivity contribution is -0.135. The highest BCUT2D eigenvalue weighted by molar-refractivity contribution is 5.85. The van der Waals surface area contributed by atoms with Gasteiger partial charge in [0.1, 0.15) is 0 Å². The Balaban J connectivity index is 0.00000196. The molecule has 2 saturated heterocycles. The normalized spacial score (nSPS) is 28.5. The number of hydrogen-bond donors (Lipinski definition) is 1. The van der Waals surface area contributed by atoms with E-state index in [0.717, 1.165) is 71.4 Å². The molecule has 2 amide bonds. The first kappa shape index (κ1) is 19.9. The summed E-state index contributed by atoms with van der Waals surface area (Å²) in [6, 6.07) is 0. The molecule has 4 rings (SSSR count). The molecule has 1 unspecified atom stereocenters. The molecule has 26 heavy (non-hydrogen) atoms. The molecule has 1 N–H and O–H groups in total. The number of piperidine rings is 1. The molecule has 1 spiro atoms. The molecule has 2 aliphatic heterocycles. The maximum absolute atomic E-state index is 12.9. The number of nitrogens with one attached hydrogen (secondary N) is 1. The third kappa shape index (κ3) is 4.19. The maximum atomic E-state index is 12.9. The molecule has 5 nitrogen and oxygen atoms in total. The predicted molar refractivity (Wildman–Crippen MR) is 104 cm³/mol. The van der Waals surface area contributed by atoms with E-state index in [-0.39, 0.29) is 18.3 Å². The lowest BCUT2D eigenvalue weighted by Crippen LogP contribution is -2.39. The summed E-state index contributed by atoms with van der Waals surface area (Å²) in [6.45, 7) is 5.25. The van der Waals surface area contributed by atoms with Crippen molar-refractivity contribution in [2.24, 2.45) is 17.3 Å². The first-order valence-electron chi connectivity index (χ1n) is 10.5. The Morgan fingerprint density at radius 2 is 1.58 bits per heavy atom. The number of nitrogens with zero attached hydrogens (tertiary/aromatic N) is 2. The monoisotopic (exact) mass is 383 g/mol. The molecule has 0 aromatic heterocycles. The fourth-order valence-electron chi connectivity index (χ4n) is 5.37. The van der Waals surface area contributed by atoms with Crippen molar-refractivity contribution in [1.29, 1.82) is 0 Å². The van der Waals surface area contributed by atoms with Crippen LogP contribution in [0.2, 0.25) is 0 Å². The highest BCUT2D eigenvalue weighted by Gasteiger charge is 2.58. The third-order valence-corrected chi connectivity index (χ3v) is 7.19. The Bertz CT molecular complexity index is 515. The predicted octanol–water partition coefficient (Wildman–Crippen LogP) is 2.44. The number of amides is 2. The van der Waals surface area contributed by atoms with Crippen molar-refractivity contribution < 1.29 is 9.59 Å². The summed E-state index contributed by atoms with van der Waals surface area (Å²) in [5.74, 6) is 1.56. The highest BCUT2D eigenvalue weighted by Crippen LogP contribution is 2.59. The third-order valence-electron chi connectivity index (χ3n) is 7.19. The van der Waals surface area contributed by atoms with E-state index >= 15 is 0 Å². The molecule has 2 heterocycles. The zero-order chi connectivity index (χ0) is 17.3. The van der Waals surface area contributed by atoms with E-state index in [1.165, 1.54) is 25.7 Å². The zero-order valence-electron chi connectivity index (χ0n) is 15.9. The van der Waals surface area contributed by atoms with E-state index in [1.807, 2.05) is 4.90 Å². The molecule has 0 aromatic rings. The first-order valence-corrected chi connectivity index (χ1v) is 10.5.